The highest BCUT2D eigenvalue weighted by Crippen LogP contribution is 2.40. The molecule has 2 aromatic heterocycles. The number of benzene rings is 2. The van der Waals surface area contributed by atoms with E-state index in [-0.39, 0.29) is 17.1 Å². The van der Waals surface area contributed by atoms with Crippen molar-refractivity contribution in [2.45, 2.75) is 38.8 Å². The lowest BCUT2D eigenvalue weighted by Crippen LogP contribution is -2.40. The van der Waals surface area contributed by atoms with E-state index >= 15 is 0 Å². The van der Waals surface area contributed by atoms with Crippen molar-refractivity contribution in [3.8, 4) is 22.5 Å². The van der Waals surface area contributed by atoms with Crippen LogP contribution in [0.1, 0.15) is 37.6 Å². The average molecular weight is 520 g/mol. The van der Waals surface area contributed by atoms with E-state index in [9.17, 15) is 18.4 Å². The fraction of sp³-hybridized carbons (Fsp3) is 0.286. The van der Waals surface area contributed by atoms with Gasteiger partial charge in [-0.05, 0) is 63.1 Å². The number of alkyl carbamates (subject to hydrolysis) is 1. The molecular formula is C28H27F2N5O3. The van der Waals surface area contributed by atoms with Crippen LogP contribution in [0.2, 0.25) is 0 Å². The molecule has 0 bridgehead atoms. The Balaban J connectivity index is 1.59. The standard InChI is InChI=1S/C28H27F2N5O3/c1-28(2,3)38-27(37)32-19-7-8-35(14-19)25-20(17-9-16(15-36)10-18(29)11-17)12-31-13-21(25)26-33-23-6-4-5-22(30)24(23)34-26/h4-6,9-13,15,19H,7-8,14H2,1-3H3,(H,32,37)(H,33,34)/t19-/m0/s1. The van der Waals surface area contributed by atoms with Gasteiger partial charge in [0.1, 0.15) is 29.0 Å². The van der Waals surface area contributed by atoms with Crippen molar-refractivity contribution in [1.29, 1.82) is 0 Å². The largest absolute Gasteiger partial charge is 0.444 e. The summed E-state index contributed by atoms with van der Waals surface area (Å²) in [4.78, 5) is 37.9. The van der Waals surface area contributed by atoms with Gasteiger partial charge >= 0.3 is 6.09 Å². The molecule has 38 heavy (non-hydrogen) atoms. The molecule has 0 unspecified atom stereocenters. The van der Waals surface area contributed by atoms with Crippen molar-refractivity contribution < 1.29 is 23.1 Å². The number of pyridine rings is 1. The van der Waals surface area contributed by atoms with Crippen LogP contribution in [0.15, 0.2) is 48.8 Å². The Labute approximate surface area is 218 Å². The Morgan fingerprint density at radius 3 is 2.71 bits per heavy atom. The molecule has 1 fully saturated rings. The van der Waals surface area contributed by atoms with Crippen molar-refractivity contribution in [2.24, 2.45) is 0 Å². The molecular weight excluding hydrogens is 492 g/mol. The number of H-pyrrole nitrogens is 1. The highest BCUT2D eigenvalue weighted by molar-refractivity contribution is 5.92. The smallest absolute Gasteiger partial charge is 0.407 e. The Kier molecular flexibility index (Phi) is 6.56. The molecule has 10 heteroatoms. The molecule has 2 N–H and O–H groups in total. The Hall–Kier alpha value is -4.34. The minimum absolute atomic E-state index is 0.188. The molecule has 0 aliphatic carbocycles. The van der Waals surface area contributed by atoms with E-state index in [1.807, 2.05) is 4.90 Å². The number of nitrogens with one attached hydrogen (secondary N) is 2. The number of carbonyl (C=O) groups is 2. The van der Waals surface area contributed by atoms with Crippen LogP contribution < -0.4 is 10.2 Å². The van der Waals surface area contributed by atoms with Gasteiger partial charge in [0.2, 0.25) is 0 Å². The van der Waals surface area contributed by atoms with Gasteiger partial charge in [-0.15, -0.1) is 0 Å². The highest BCUT2D eigenvalue weighted by Gasteiger charge is 2.30. The molecule has 196 valence electrons. The maximum Gasteiger partial charge on any atom is 0.407 e. The van der Waals surface area contributed by atoms with Crippen molar-refractivity contribution >= 4 is 29.1 Å². The summed E-state index contributed by atoms with van der Waals surface area (Å²) in [5.41, 5.74) is 2.57. The zero-order chi connectivity index (χ0) is 27.0. The molecule has 1 aliphatic rings. The van der Waals surface area contributed by atoms with Gasteiger partial charge in [-0.3, -0.25) is 9.78 Å². The number of para-hydroxylation sites is 1. The number of rotatable bonds is 5. The molecule has 2 aromatic carbocycles. The predicted molar refractivity (Wildman–Crippen MR) is 140 cm³/mol. The van der Waals surface area contributed by atoms with Crippen LogP contribution in [0, 0.1) is 11.6 Å². The van der Waals surface area contributed by atoms with Crippen LogP contribution in [0.5, 0.6) is 0 Å². The fourth-order valence-electron chi connectivity index (χ4n) is 4.69. The summed E-state index contributed by atoms with van der Waals surface area (Å²) in [5.74, 6) is -0.623. The number of fused-ring (bicyclic) bond motifs is 1. The number of hydrogen-bond donors (Lipinski definition) is 2. The molecule has 0 radical (unpaired) electrons. The van der Waals surface area contributed by atoms with E-state index in [1.54, 1.807) is 51.4 Å². The number of halogens is 2. The van der Waals surface area contributed by atoms with Gasteiger partial charge in [0, 0.05) is 36.6 Å². The summed E-state index contributed by atoms with van der Waals surface area (Å²) in [5, 5.41) is 2.91. The first-order valence-corrected chi connectivity index (χ1v) is 12.2. The molecule has 1 atom stereocenters. The van der Waals surface area contributed by atoms with Crippen LogP contribution >= 0.6 is 0 Å². The number of aromatic amines is 1. The molecule has 1 aliphatic heterocycles. The summed E-state index contributed by atoms with van der Waals surface area (Å²) >= 11 is 0. The summed E-state index contributed by atoms with van der Waals surface area (Å²) < 4.78 is 34.3. The van der Waals surface area contributed by atoms with E-state index in [2.05, 4.69) is 20.3 Å². The van der Waals surface area contributed by atoms with Crippen LogP contribution in [0.25, 0.3) is 33.5 Å². The Morgan fingerprint density at radius 2 is 1.97 bits per heavy atom. The molecule has 8 nitrogen and oxygen atoms in total. The van der Waals surface area contributed by atoms with Gasteiger partial charge in [0.05, 0.1) is 22.8 Å². The average Bonchev–Trinajstić information content (AvgIpc) is 3.50. The molecule has 0 saturated carbocycles. The third kappa shape index (κ3) is 5.20. The zero-order valence-corrected chi connectivity index (χ0v) is 21.2. The second kappa shape index (κ2) is 9.85. The lowest BCUT2D eigenvalue weighted by Gasteiger charge is -2.25. The minimum atomic E-state index is -0.627. The monoisotopic (exact) mass is 519 g/mol. The minimum Gasteiger partial charge on any atom is -0.444 e. The molecule has 1 saturated heterocycles. The fourth-order valence-corrected chi connectivity index (χ4v) is 4.69. The summed E-state index contributed by atoms with van der Waals surface area (Å²) in [7, 11) is 0. The number of hydrogen-bond acceptors (Lipinski definition) is 6. The number of amides is 1. The van der Waals surface area contributed by atoms with Gasteiger partial charge in [-0.2, -0.15) is 0 Å². The first-order chi connectivity index (χ1) is 18.1. The number of nitrogens with zero attached hydrogens (tertiary/aromatic N) is 3. The summed E-state index contributed by atoms with van der Waals surface area (Å²) in [6.07, 6.45) is 3.93. The number of aldehydes is 1. The van der Waals surface area contributed by atoms with Gasteiger partial charge in [-0.25, -0.2) is 18.6 Å². The van der Waals surface area contributed by atoms with Crippen LogP contribution in [-0.4, -0.2) is 52.1 Å². The lowest BCUT2D eigenvalue weighted by atomic mass is 9.99. The molecule has 5 rings (SSSR count). The zero-order valence-electron chi connectivity index (χ0n) is 21.2. The molecule has 1 amide bonds. The van der Waals surface area contributed by atoms with Gasteiger partial charge in [0.25, 0.3) is 0 Å². The van der Waals surface area contributed by atoms with E-state index in [0.29, 0.717) is 59.5 Å². The van der Waals surface area contributed by atoms with E-state index < -0.39 is 23.3 Å². The third-order valence-electron chi connectivity index (χ3n) is 6.23. The normalized spacial score (nSPS) is 15.6. The van der Waals surface area contributed by atoms with Crippen LogP contribution in [0.4, 0.5) is 19.3 Å². The number of anilines is 1. The van der Waals surface area contributed by atoms with Crippen LogP contribution in [-0.2, 0) is 4.74 Å². The Bertz CT molecular complexity index is 1530. The molecule has 4 aromatic rings. The SMILES string of the molecule is CC(C)(C)OC(=O)N[C@H]1CCN(c2c(-c3cc(F)cc(C=O)c3)cncc2-c2nc3c(F)cccc3[nH]2)C1. The van der Waals surface area contributed by atoms with Gasteiger partial charge in [-0.1, -0.05) is 6.07 Å². The van der Waals surface area contributed by atoms with Gasteiger partial charge in [0.15, 0.2) is 5.82 Å². The maximum atomic E-state index is 14.4. The van der Waals surface area contributed by atoms with Gasteiger partial charge < -0.3 is 19.9 Å². The Morgan fingerprint density at radius 1 is 1.18 bits per heavy atom. The first kappa shape index (κ1) is 25.3. The van der Waals surface area contributed by atoms with Crippen molar-refractivity contribution in [3.63, 3.8) is 0 Å². The van der Waals surface area contributed by atoms with E-state index in [0.717, 1.165) is 6.07 Å². The second-order valence-electron chi connectivity index (χ2n) is 10.3. The van der Waals surface area contributed by atoms with Crippen molar-refractivity contribution in [1.82, 2.24) is 20.3 Å². The van der Waals surface area contributed by atoms with Crippen molar-refractivity contribution in [2.75, 3.05) is 18.0 Å². The highest BCUT2D eigenvalue weighted by atomic mass is 19.1. The quantitative estimate of drug-likeness (QED) is 0.339. The second-order valence-corrected chi connectivity index (χ2v) is 10.3. The molecule has 0 spiro atoms. The predicted octanol–water partition coefficient (Wildman–Crippen LogP) is 5.49. The number of aromatic nitrogens is 3. The first-order valence-electron chi connectivity index (χ1n) is 12.2. The topological polar surface area (TPSA) is 100 Å². The maximum absolute atomic E-state index is 14.4. The molecule has 3 heterocycles. The van der Waals surface area contributed by atoms with Crippen LogP contribution in [0.3, 0.4) is 0 Å². The number of imidazole rings is 1. The summed E-state index contributed by atoms with van der Waals surface area (Å²) in [6.45, 7) is 6.39. The third-order valence-corrected chi connectivity index (χ3v) is 6.23. The lowest BCUT2D eigenvalue weighted by molar-refractivity contribution is 0.0509. The van der Waals surface area contributed by atoms with E-state index in [1.165, 1.54) is 12.1 Å². The van der Waals surface area contributed by atoms with Crippen molar-refractivity contribution in [3.05, 3.63) is 66.0 Å². The number of ether oxygens (including phenoxy) is 1. The van der Waals surface area contributed by atoms with E-state index in [4.69, 9.17) is 4.74 Å². The summed E-state index contributed by atoms with van der Waals surface area (Å²) in [6, 6.07) is 8.54. The number of carbonyl (C=O) groups excluding carboxylic acids is 2.